The number of hydrogen-bond acceptors (Lipinski definition) is 5. The van der Waals surface area contributed by atoms with E-state index in [0.717, 1.165) is 6.07 Å². The summed E-state index contributed by atoms with van der Waals surface area (Å²) >= 11 is 0. The quantitative estimate of drug-likeness (QED) is 0.386. The van der Waals surface area contributed by atoms with Crippen LogP contribution in [0.15, 0.2) is 66.6 Å². The van der Waals surface area contributed by atoms with Crippen LogP contribution in [-0.4, -0.2) is 16.7 Å². The minimum atomic E-state index is -0.701. The van der Waals surface area contributed by atoms with Gasteiger partial charge in [-0.15, -0.1) is 0 Å². The lowest BCUT2D eigenvalue weighted by Gasteiger charge is -2.08. The molecule has 138 valence electrons. The monoisotopic (exact) mass is 375 g/mol. The maximum atomic E-state index is 13.3. The molecule has 6 heteroatoms. The number of ether oxygens (including phenoxy) is 2. The van der Waals surface area contributed by atoms with Crippen LogP contribution < -0.4 is 9.47 Å². The van der Waals surface area contributed by atoms with Gasteiger partial charge in [0, 0.05) is 18.3 Å². The van der Waals surface area contributed by atoms with Crippen LogP contribution in [0.4, 0.5) is 4.39 Å². The second kappa shape index (κ2) is 7.08. The highest BCUT2D eigenvalue weighted by Crippen LogP contribution is 2.37. The first-order valence-electron chi connectivity index (χ1n) is 8.49. The molecular weight excluding hydrogens is 361 g/mol. The number of nitrogens with zero attached hydrogens (tertiary/aromatic N) is 1. The molecule has 0 saturated heterocycles. The molecule has 0 N–H and O–H groups in total. The number of Topliss-reactive ketones (excluding diaryl/α,β-unsaturated/α-hetero) is 1. The summed E-state index contributed by atoms with van der Waals surface area (Å²) in [5.74, 6) is -0.844. The van der Waals surface area contributed by atoms with Crippen LogP contribution in [0, 0.1) is 12.7 Å². The highest BCUT2D eigenvalue weighted by atomic mass is 19.1. The third-order valence-electron chi connectivity index (χ3n) is 4.18. The van der Waals surface area contributed by atoms with Crippen molar-refractivity contribution in [3.05, 3.63) is 94.8 Å². The van der Waals surface area contributed by atoms with E-state index < -0.39 is 11.8 Å². The Hall–Kier alpha value is -3.80. The molecule has 1 aromatic heterocycles. The van der Waals surface area contributed by atoms with Crippen molar-refractivity contribution >= 4 is 17.8 Å². The smallest absolute Gasteiger partial charge is 0.343 e. The topological polar surface area (TPSA) is 65.5 Å². The van der Waals surface area contributed by atoms with Crippen LogP contribution in [0.2, 0.25) is 0 Å². The van der Waals surface area contributed by atoms with Crippen molar-refractivity contribution in [3.8, 4) is 11.5 Å². The maximum Gasteiger partial charge on any atom is 0.343 e. The number of rotatable bonds is 3. The van der Waals surface area contributed by atoms with Crippen molar-refractivity contribution in [2.45, 2.75) is 6.92 Å². The summed E-state index contributed by atoms with van der Waals surface area (Å²) in [7, 11) is 0. The van der Waals surface area contributed by atoms with Gasteiger partial charge in [-0.05, 0) is 48.9 Å². The Morgan fingerprint density at radius 3 is 2.75 bits per heavy atom. The van der Waals surface area contributed by atoms with E-state index in [1.165, 1.54) is 24.3 Å². The average molecular weight is 375 g/mol. The fourth-order valence-electron chi connectivity index (χ4n) is 2.91. The van der Waals surface area contributed by atoms with Crippen LogP contribution in [-0.2, 0) is 0 Å². The zero-order valence-electron chi connectivity index (χ0n) is 14.8. The van der Waals surface area contributed by atoms with E-state index in [4.69, 9.17) is 9.47 Å². The summed E-state index contributed by atoms with van der Waals surface area (Å²) in [6, 6.07) is 13.6. The standard InChI is InChI=1S/C22H14FNO4/c1-13-9-17(27-22(26)14-5-4-6-15(23)10-14)12-18-20(13)21(25)19(28-18)11-16-7-2-3-8-24-16/h2-12H,1H3/b19-11-. The third-order valence-corrected chi connectivity index (χ3v) is 4.18. The molecule has 1 aliphatic rings. The number of carbonyl (C=O) groups is 2. The van der Waals surface area contributed by atoms with Gasteiger partial charge in [0.05, 0.1) is 16.8 Å². The molecule has 0 spiro atoms. The Bertz CT molecular complexity index is 1120. The molecule has 0 unspecified atom stereocenters. The van der Waals surface area contributed by atoms with E-state index in [-0.39, 0.29) is 22.9 Å². The second-order valence-corrected chi connectivity index (χ2v) is 6.21. The van der Waals surface area contributed by atoms with E-state index in [2.05, 4.69) is 4.98 Å². The van der Waals surface area contributed by atoms with Gasteiger partial charge in [-0.1, -0.05) is 12.1 Å². The van der Waals surface area contributed by atoms with Gasteiger partial charge in [-0.3, -0.25) is 9.78 Å². The number of esters is 1. The highest BCUT2D eigenvalue weighted by molar-refractivity contribution is 6.15. The lowest BCUT2D eigenvalue weighted by atomic mass is 10.0. The molecule has 1 aliphatic heterocycles. The first-order valence-corrected chi connectivity index (χ1v) is 8.49. The molecule has 0 amide bonds. The van der Waals surface area contributed by atoms with E-state index in [9.17, 15) is 14.0 Å². The van der Waals surface area contributed by atoms with Crippen LogP contribution in [0.3, 0.4) is 0 Å². The van der Waals surface area contributed by atoms with Crippen LogP contribution in [0.5, 0.6) is 11.5 Å². The Morgan fingerprint density at radius 2 is 2.00 bits per heavy atom. The normalized spacial score (nSPS) is 13.9. The summed E-state index contributed by atoms with van der Waals surface area (Å²) in [4.78, 5) is 29.0. The third kappa shape index (κ3) is 3.40. The van der Waals surface area contributed by atoms with Crippen molar-refractivity contribution in [1.29, 1.82) is 0 Å². The first kappa shape index (κ1) is 17.6. The number of halogens is 1. The Kier molecular flexibility index (Phi) is 4.45. The lowest BCUT2D eigenvalue weighted by Crippen LogP contribution is -2.09. The van der Waals surface area contributed by atoms with Gasteiger partial charge in [-0.25, -0.2) is 9.18 Å². The van der Waals surface area contributed by atoms with Crippen molar-refractivity contribution in [2.24, 2.45) is 0 Å². The predicted octanol–water partition coefficient (Wildman–Crippen LogP) is 4.36. The van der Waals surface area contributed by atoms with Gasteiger partial charge < -0.3 is 9.47 Å². The summed E-state index contributed by atoms with van der Waals surface area (Å²) in [6.07, 6.45) is 3.17. The zero-order valence-corrected chi connectivity index (χ0v) is 14.8. The number of pyridine rings is 1. The number of allylic oxidation sites excluding steroid dienone is 1. The van der Waals surface area contributed by atoms with Gasteiger partial charge in [0.25, 0.3) is 0 Å². The number of hydrogen-bond donors (Lipinski definition) is 0. The van der Waals surface area contributed by atoms with Gasteiger partial charge in [0.1, 0.15) is 17.3 Å². The number of carbonyl (C=O) groups excluding carboxylic acids is 2. The highest BCUT2D eigenvalue weighted by Gasteiger charge is 2.30. The van der Waals surface area contributed by atoms with Crippen LogP contribution >= 0.6 is 0 Å². The summed E-state index contributed by atoms with van der Waals surface area (Å²) in [6.45, 7) is 1.73. The molecule has 0 bridgehead atoms. The Morgan fingerprint density at radius 1 is 1.14 bits per heavy atom. The average Bonchev–Trinajstić information content (AvgIpc) is 2.98. The summed E-state index contributed by atoms with van der Waals surface area (Å²) in [5, 5.41) is 0. The van der Waals surface area contributed by atoms with Crippen molar-refractivity contribution in [1.82, 2.24) is 4.98 Å². The molecule has 0 aliphatic carbocycles. The van der Waals surface area contributed by atoms with Crippen molar-refractivity contribution in [2.75, 3.05) is 0 Å². The Labute approximate surface area is 160 Å². The molecule has 0 saturated carbocycles. The molecule has 5 nitrogen and oxygen atoms in total. The molecule has 4 rings (SSSR count). The fraction of sp³-hybridized carbons (Fsp3) is 0.0455. The first-order chi connectivity index (χ1) is 13.5. The maximum absolute atomic E-state index is 13.3. The summed E-state index contributed by atoms with van der Waals surface area (Å²) in [5.41, 5.74) is 1.70. The molecule has 2 aromatic carbocycles. The number of fused-ring (bicyclic) bond motifs is 1. The number of benzene rings is 2. The molecule has 28 heavy (non-hydrogen) atoms. The van der Waals surface area contributed by atoms with Crippen molar-refractivity contribution < 1.29 is 23.5 Å². The zero-order chi connectivity index (χ0) is 19.7. The van der Waals surface area contributed by atoms with Crippen LogP contribution in [0.25, 0.3) is 6.08 Å². The van der Waals surface area contributed by atoms with E-state index in [1.54, 1.807) is 43.5 Å². The number of ketones is 1. The number of aryl methyl sites for hydroxylation is 1. The van der Waals surface area contributed by atoms with E-state index >= 15 is 0 Å². The lowest BCUT2D eigenvalue weighted by molar-refractivity contribution is 0.0734. The van der Waals surface area contributed by atoms with Gasteiger partial charge in [-0.2, -0.15) is 0 Å². The second-order valence-electron chi connectivity index (χ2n) is 6.21. The SMILES string of the molecule is Cc1cc(OC(=O)c2cccc(F)c2)cc2c1C(=O)/C(=C/c1ccccn1)O2. The van der Waals surface area contributed by atoms with Crippen molar-refractivity contribution in [3.63, 3.8) is 0 Å². The predicted molar refractivity (Wildman–Crippen MR) is 99.7 cm³/mol. The van der Waals surface area contributed by atoms with E-state index in [0.29, 0.717) is 22.6 Å². The largest absolute Gasteiger partial charge is 0.452 e. The van der Waals surface area contributed by atoms with E-state index in [1.807, 2.05) is 0 Å². The minimum absolute atomic E-state index is 0.0888. The molecule has 0 fully saturated rings. The number of aromatic nitrogens is 1. The van der Waals surface area contributed by atoms with Gasteiger partial charge in [0.15, 0.2) is 5.76 Å². The van der Waals surface area contributed by atoms with Crippen LogP contribution in [0.1, 0.15) is 32.0 Å². The molecule has 0 radical (unpaired) electrons. The fourth-order valence-corrected chi connectivity index (χ4v) is 2.91. The molecule has 2 heterocycles. The molecular formula is C22H14FNO4. The molecule has 3 aromatic rings. The van der Waals surface area contributed by atoms with Gasteiger partial charge >= 0.3 is 5.97 Å². The Balaban J connectivity index is 1.61. The summed E-state index contributed by atoms with van der Waals surface area (Å²) < 4.78 is 24.3. The molecule has 0 atom stereocenters. The van der Waals surface area contributed by atoms with Gasteiger partial charge in [0.2, 0.25) is 5.78 Å². The minimum Gasteiger partial charge on any atom is -0.452 e.